The lowest BCUT2D eigenvalue weighted by Crippen LogP contribution is -2.56. The molecule has 2 aliphatic rings. The quantitative estimate of drug-likeness (QED) is 0.798. The van der Waals surface area contributed by atoms with Gasteiger partial charge in [-0.05, 0) is 24.8 Å². The lowest BCUT2D eigenvalue weighted by molar-refractivity contribution is -0.133. The van der Waals surface area contributed by atoms with Gasteiger partial charge in [-0.2, -0.15) is 4.98 Å². The van der Waals surface area contributed by atoms with Crippen LogP contribution in [0, 0.1) is 0 Å². The molecule has 0 bridgehead atoms. The summed E-state index contributed by atoms with van der Waals surface area (Å²) < 4.78 is 0. The van der Waals surface area contributed by atoms with Crippen molar-refractivity contribution >= 4 is 23.7 Å². The van der Waals surface area contributed by atoms with E-state index in [1.807, 2.05) is 30.3 Å². The van der Waals surface area contributed by atoms with Crippen molar-refractivity contribution in [3.8, 4) is 0 Å². The number of aryl methyl sites for hydroxylation is 1. The van der Waals surface area contributed by atoms with Crippen LogP contribution >= 0.6 is 0 Å². The first-order valence-corrected chi connectivity index (χ1v) is 9.96. The van der Waals surface area contributed by atoms with Crippen LogP contribution in [0.25, 0.3) is 0 Å². The van der Waals surface area contributed by atoms with Crippen molar-refractivity contribution in [3.63, 3.8) is 0 Å². The minimum Gasteiger partial charge on any atom is -0.368 e. The predicted molar refractivity (Wildman–Crippen MR) is 110 cm³/mol. The van der Waals surface area contributed by atoms with Crippen LogP contribution in [0.5, 0.6) is 0 Å². The second-order valence-corrected chi connectivity index (χ2v) is 7.67. The Labute approximate surface area is 170 Å². The summed E-state index contributed by atoms with van der Waals surface area (Å²) in [6, 6.07) is 9.57. The Morgan fingerprint density at radius 2 is 1.83 bits per heavy atom. The molecule has 8 nitrogen and oxygen atoms in total. The van der Waals surface area contributed by atoms with Crippen LogP contribution in [-0.2, 0) is 17.8 Å². The minimum absolute atomic E-state index is 0.115. The van der Waals surface area contributed by atoms with Gasteiger partial charge in [-0.1, -0.05) is 37.3 Å². The zero-order chi connectivity index (χ0) is 20.6. The summed E-state index contributed by atoms with van der Waals surface area (Å²) >= 11 is 0. The summed E-state index contributed by atoms with van der Waals surface area (Å²) in [7, 11) is 1.57. The molecule has 3 heterocycles. The van der Waals surface area contributed by atoms with Crippen molar-refractivity contribution in [2.45, 2.75) is 38.3 Å². The molecule has 0 saturated carbocycles. The number of carbonyl (C=O) groups excluding carboxylic acids is 2. The fraction of sp³-hybridized carbons (Fsp3) is 0.429. The largest absolute Gasteiger partial charge is 0.368 e. The summed E-state index contributed by atoms with van der Waals surface area (Å²) in [6.45, 7) is 3.74. The number of likely N-dealkylation sites (N-methyl/N-ethyl adjacent to an activating group) is 1. The van der Waals surface area contributed by atoms with E-state index in [9.17, 15) is 9.59 Å². The molecule has 8 heteroatoms. The lowest BCUT2D eigenvalue weighted by atomic mass is 9.85. The Hall–Kier alpha value is -3.16. The standard InChI is InChI=1S/C21H26N6O2/c1-3-16-13-23-19(22)24-17(16)26-11-9-21(10-12-26)18(28)25(2)20(29)27(21)14-15-7-5-4-6-8-15/h4-8,13H,3,9-12,14H2,1-2H3,(H2,22,23,24). The average Bonchev–Trinajstić information content (AvgIpc) is 2.91. The third-order valence-corrected chi connectivity index (χ3v) is 6.05. The van der Waals surface area contributed by atoms with Crippen molar-refractivity contribution in [1.82, 2.24) is 19.8 Å². The fourth-order valence-corrected chi connectivity index (χ4v) is 4.37. The molecule has 152 valence electrons. The van der Waals surface area contributed by atoms with Crippen molar-refractivity contribution in [1.29, 1.82) is 0 Å². The van der Waals surface area contributed by atoms with Crippen LogP contribution in [0.3, 0.4) is 0 Å². The van der Waals surface area contributed by atoms with Crippen LogP contribution in [-0.4, -0.2) is 57.4 Å². The topological polar surface area (TPSA) is 95.7 Å². The van der Waals surface area contributed by atoms with Crippen molar-refractivity contribution < 1.29 is 9.59 Å². The molecule has 2 aliphatic heterocycles. The number of hydrogen-bond acceptors (Lipinski definition) is 6. The normalized spacial score (nSPS) is 18.8. The van der Waals surface area contributed by atoms with E-state index < -0.39 is 5.54 Å². The molecule has 0 radical (unpaired) electrons. The smallest absolute Gasteiger partial charge is 0.327 e. The van der Waals surface area contributed by atoms with E-state index in [0.717, 1.165) is 23.4 Å². The molecule has 2 aromatic rings. The van der Waals surface area contributed by atoms with Gasteiger partial charge in [0, 0.05) is 38.4 Å². The SMILES string of the molecule is CCc1cnc(N)nc1N1CCC2(CC1)C(=O)N(C)C(=O)N2Cc1ccccc1. The van der Waals surface area contributed by atoms with Gasteiger partial charge in [0.2, 0.25) is 5.95 Å². The lowest BCUT2D eigenvalue weighted by Gasteiger charge is -2.43. The number of hydrogen-bond donors (Lipinski definition) is 1. The third-order valence-electron chi connectivity index (χ3n) is 6.05. The number of aromatic nitrogens is 2. The molecule has 1 spiro atoms. The first-order valence-electron chi connectivity index (χ1n) is 9.96. The van der Waals surface area contributed by atoms with Gasteiger partial charge in [0.25, 0.3) is 5.91 Å². The minimum atomic E-state index is -0.802. The molecular formula is C21H26N6O2. The molecule has 0 aliphatic carbocycles. The summed E-state index contributed by atoms with van der Waals surface area (Å²) in [5.74, 6) is 0.959. The summed E-state index contributed by atoms with van der Waals surface area (Å²) in [5, 5.41) is 0. The van der Waals surface area contributed by atoms with Crippen LogP contribution in [0.4, 0.5) is 16.6 Å². The predicted octanol–water partition coefficient (Wildman–Crippen LogP) is 2.05. The number of amides is 3. The van der Waals surface area contributed by atoms with Crippen LogP contribution in [0.2, 0.25) is 0 Å². The Morgan fingerprint density at radius 3 is 2.48 bits per heavy atom. The van der Waals surface area contributed by atoms with E-state index >= 15 is 0 Å². The van der Waals surface area contributed by atoms with Crippen molar-refractivity contribution in [2.24, 2.45) is 0 Å². The highest BCUT2D eigenvalue weighted by Crippen LogP contribution is 2.39. The number of urea groups is 1. The zero-order valence-corrected chi connectivity index (χ0v) is 16.8. The molecule has 0 unspecified atom stereocenters. The van der Waals surface area contributed by atoms with Gasteiger partial charge in [-0.25, -0.2) is 9.78 Å². The maximum absolute atomic E-state index is 13.1. The van der Waals surface area contributed by atoms with Crippen LogP contribution in [0.1, 0.15) is 30.9 Å². The van der Waals surface area contributed by atoms with Gasteiger partial charge >= 0.3 is 6.03 Å². The number of anilines is 2. The average molecular weight is 394 g/mol. The number of piperidine rings is 1. The highest BCUT2D eigenvalue weighted by atomic mass is 16.2. The molecule has 2 N–H and O–H groups in total. The van der Waals surface area contributed by atoms with Gasteiger partial charge in [0.15, 0.2) is 0 Å². The first-order chi connectivity index (χ1) is 14.0. The fourth-order valence-electron chi connectivity index (χ4n) is 4.37. The third kappa shape index (κ3) is 3.18. The molecule has 0 atom stereocenters. The number of nitrogens with zero attached hydrogens (tertiary/aromatic N) is 5. The van der Waals surface area contributed by atoms with Crippen LogP contribution in [0.15, 0.2) is 36.5 Å². The second-order valence-electron chi connectivity index (χ2n) is 7.67. The number of nitrogen functional groups attached to an aromatic ring is 1. The maximum Gasteiger partial charge on any atom is 0.327 e. The molecule has 29 heavy (non-hydrogen) atoms. The highest BCUT2D eigenvalue weighted by Gasteiger charge is 2.56. The molecule has 1 aromatic carbocycles. The van der Waals surface area contributed by atoms with Gasteiger partial charge < -0.3 is 15.5 Å². The summed E-state index contributed by atoms with van der Waals surface area (Å²) in [6.07, 6.45) is 3.68. The zero-order valence-electron chi connectivity index (χ0n) is 16.8. The Morgan fingerprint density at radius 1 is 1.14 bits per heavy atom. The van der Waals surface area contributed by atoms with Crippen molar-refractivity contribution in [2.75, 3.05) is 30.8 Å². The number of nitrogens with two attached hydrogens (primary N) is 1. The van der Waals surface area contributed by atoms with Gasteiger partial charge in [-0.15, -0.1) is 0 Å². The molecule has 2 fully saturated rings. The van der Waals surface area contributed by atoms with E-state index in [2.05, 4.69) is 21.8 Å². The monoisotopic (exact) mass is 394 g/mol. The van der Waals surface area contributed by atoms with Gasteiger partial charge in [0.05, 0.1) is 0 Å². The molecular weight excluding hydrogens is 368 g/mol. The number of benzene rings is 1. The van der Waals surface area contributed by atoms with E-state index in [4.69, 9.17) is 5.73 Å². The number of imide groups is 1. The molecule has 3 amide bonds. The van der Waals surface area contributed by atoms with Gasteiger partial charge in [0.1, 0.15) is 11.4 Å². The molecule has 1 aromatic heterocycles. The van der Waals surface area contributed by atoms with Gasteiger partial charge in [-0.3, -0.25) is 9.69 Å². The summed E-state index contributed by atoms with van der Waals surface area (Å²) in [5.41, 5.74) is 7.05. The summed E-state index contributed by atoms with van der Waals surface area (Å²) in [4.78, 5) is 39.7. The van der Waals surface area contributed by atoms with Crippen molar-refractivity contribution in [3.05, 3.63) is 47.7 Å². The Balaban J connectivity index is 1.60. The Bertz CT molecular complexity index is 924. The second kappa shape index (κ2) is 7.35. The molecule has 4 rings (SSSR count). The first kappa shape index (κ1) is 19.2. The van der Waals surface area contributed by atoms with Crippen LogP contribution < -0.4 is 10.6 Å². The van der Waals surface area contributed by atoms with E-state index in [1.165, 1.54) is 4.90 Å². The number of rotatable bonds is 4. The Kier molecular flexibility index (Phi) is 4.86. The van der Waals surface area contributed by atoms with E-state index in [-0.39, 0.29) is 17.9 Å². The van der Waals surface area contributed by atoms with E-state index in [0.29, 0.717) is 32.5 Å². The highest BCUT2D eigenvalue weighted by molar-refractivity contribution is 6.06. The number of carbonyl (C=O) groups is 2. The molecule has 2 saturated heterocycles. The maximum atomic E-state index is 13.1. The van der Waals surface area contributed by atoms with E-state index in [1.54, 1.807) is 18.1 Å².